The number of nitrogen functional groups attached to an aromatic ring is 1. The molecule has 3 aromatic rings. The Morgan fingerprint density at radius 3 is 2.64 bits per heavy atom. The molecule has 2 aromatic heterocycles. The second-order valence-corrected chi connectivity index (χ2v) is 11.2. The zero-order valence-corrected chi connectivity index (χ0v) is 26.2. The van der Waals surface area contributed by atoms with E-state index >= 15 is 0 Å². The largest absolute Gasteiger partial charge is 0.496 e. The molecule has 12 nitrogen and oxygen atoms in total. The maximum Gasteiger partial charge on any atom is 0.222 e. The van der Waals surface area contributed by atoms with Crippen molar-refractivity contribution < 1.29 is 19.1 Å². The molecule has 0 radical (unpaired) electrons. The van der Waals surface area contributed by atoms with Crippen molar-refractivity contribution in [1.82, 2.24) is 29.7 Å². The topological polar surface area (TPSA) is 140 Å². The third-order valence-corrected chi connectivity index (χ3v) is 7.87. The Morgan fingerprint density at radius 2 is 1.86 bits per heavy atom. The van der Waals surface area contributed by atoms with Crippen molar-refractivity contribution in [3.05, 3.63) is 41.6 Å². The first-order valence-electron chi connectivity index (χ1n) is 15.8. The second kappa shape index (κ2) is 17.5. The quantitative estimate of drug-likeness (QED) is 0.137. The monoisotopic (exact) mass is 608 g/mol. The van der Waals surface area contributed by atoms with Crippen molar-refractivity contribution in [2.24, 2.45) is 0 Å². The molecule has 0 aliphatic carbocycles. The number of fused-ring (bicyclic) bond motifs is 1. The molecule has 1 aliphatic heterocycles. The lowest BCUT2D eigenvalue weighted by Crippen LogP contribution is -2.46. The molecule has 12 heteroatoms. The SMILES string of the molecule is CCCCCNc1nc(N)nc2ccn(Cc3ccc(CN4CCN(CCOCCNC(=O)CCC=O)CC4)cc3OC)c12. The Morgan fingerprint density at radius 1 is 1.05 bits per heavy atom. The van der Waals surface area contributed by atoms with E-state index in [0.29, 0.717) is 26.3 Å². The highest BCUT2D eigenvalue weighted by atomic mass is 16.5. The van der Waals surface area contributed by atoms with E-state index < -0.39 is 0 Å². The van der Waals surface area contributed by atoms with Crippen LogP contribution in [0.15, 0.2) is 30.5 Å². The summed E-state index contributed by atoms with van der Waals surface area (Å²) in [5.41, 5.74) is 10.1. The molecule has 0 bridgehead atoms. The maximum atomic E-state index is 11.5. The fraction of sp³-hybridized carbons (Fsp3) is 0.562. The molecular formula is C32H48N8O4. The van der Waals surface area contributed by atoms with Gasteiger partial charge in [-0.25, -0.2) is 4.98 Å². The number of rotatable bonds is 19. The van der Waals surface area contributed by atoms with Gasteiger partial charge in [-0.2, -0.15) is 4.98 Å². The van der Waals surface area contributed by atoms with E-state index in [4.69, 9.17) is 15.2 Å². The molecule has 4 rings (SSSR count). The normalized spacial score (nSPS) is 14.1. The number of piperazine rings is 1. The summed E-state index contributed by atoms with van der Waals surface area (Å²) in [6, 6.07) is 8.48. The summed E-state index contributed by atoms with van der Waals surface area (Å²) in [5.74, 6) is 1.80. The van der Waals surface area contributed by atoms with Crippen molar-refractivity contribution in [3.63, 3.8) is 0 Å². The lowest BCUT2D eigenvalue weighted by molar-refractivity contribution is -0.122. The van der Waals surface area contributed by atoms with E-state index in [1.54, 1.807) is 7.11 Å². The van der Waals surface area contributed by atoms with E-state index in [9.17, 15) is 9.59 Å². The number of hydrogen-bond acceptors (Lipinski definition) is 10. The summed E-state index contributed by atoms with van der Waals surface area (Å²) in [5, 5.41) is 6.23. The third kappa shape index (κ3) is 9.90. The van der Waals surface area contributed by atoms with Crippen molar-refractivity contribution in [1.29, 1.82) is 0 Å². The Balaban J connectivity index is 1.25. The van der Waals surface area contributed by atoms with Gasteiger partial charge < -0.3 is 35.2 Å². The van der Waals surface area contributed by atoms with Gasteiger partial charge in [0.15, 0.2) is 5.82 Å². The van der Waals surface area contributed by atoms with Crippen molar-refractivity contribution in [2.75, 3.05) is 77.2 Å². The molecule has 1 saturated heterocycles. The molecule has 0 spiro atoms. The standard InChI is InChI=1S/C32H48N8O4/c1-3-4-5-11-35-31-30-27(36-32(33)37-31)10-13-40(30)24-26-9-8-25(22-28(26)43-2)23-39-16-14-38(15-17-39)18-21-44-20-12-34-29(42)7-6-19-41/h8-10,13,19,22H,3-7,11-12,14-18,20-21,23-24H2,1-2H3,(H,34,42)(H3,33,35,36,37). The van der Waals surface area contributed by atoms with Gasteiger partial charge in [-0.3, -0.25) is 14.6 Å². The van der Waals surface area contributed by atoms with Crippen LogP contribution in [0.5, 0.6) is 5.75 Å². The Hall–Kier alpha value is -3.74. The fourth-order valence-electron chi connectivity index (χ4n) is 5.43. The number of aldehydes is 1. The molecule has 1 amide bonds. The summed E-state index contributed by atoms with van der Waals surface area (Å²) in [7, 11) is 1.73. The van der Waals surface area contributed by atoms with Crippen LogP contribution in [0.2, 0.25) is 0 Å². The number of benzene rings is 1. The number of ether oxygens (including phenoxy) is 2. The zero-order valence-electron chi connectivity index (χ0n) is 26.2. The van der Waals surface area contributed by atoms with Gasteiger partial charge >= 0.3 is 0 Å². The van der Waals surface area contributed by atoms with Crippen LogP contribution < -0.4 is 21.1 Å². The van der Waals surface area contributed by atoms with Crippen molar-refractivity contribution in [2.45, 2.75) is 52.1 Å². The minimum atomic E-state index is -0.112. The molecule has 4 N–H and O–H groups in total. The molecule has 1 aliphatic rings. The number of nitrogens with two attached hydrogens (primary N) is 1. The average Bonchev–Trinajstić information content (AvgIpc) is 3.43. The number of nitrogens with one attached hydrogen (secondary N) is 2. The van der Waals surface area contributed by atoms with Crippen molar-refractivity contribution in [3.8, 4) is 5.75 Å². The lowest BCUT2D eigenvalue weighted by Gasteiger charge is -2.34. The van der Waals surface area contributed by atoms with Crippen LogP contribution in [0.3, 0.4) is 0 Å². The van der Waals surface area contributed by atoms with E-state index in [0.717, 1.165) is 93.1 Å². The molecule has 3 heterocycles. The number of nitrogens with zero attached hydrogens (tertiary/aromatic N) is 5. The minimum Gasteiger partial charge on any atom is -0.496 e. The maximum absolute atomic E-state index is 11.5. The van der Waals surface area contributed by atoms with Crippen LogP contribution in [0.1, 0.15) is 50.2 Å². The van der Waals surface area contributed by atoms with E-state index in [1.165, 1.54) is 12.0 Å². The molecule has 0 saturated carbocycles. The number of amides is 1. The van der Waals surface area contributed by atoms with Gasteiger partial charge in [-0.15, -0.1) is 0 Å². The Bertz CT molecular complexity index is 1340. The van der Waals surface area contributed by atoms with Gasteiger partial charge in [0.25, 0.3) is 0 Å². The van der Waals surface area contributed by atoms with Crippen LogP contribution in [-0.4, -0.2) is 103 Å². The zero-order chi connectivity index (χ0) is 31.1. The van der Waals surface area contributed by atoms with Crippen LogP contribution in [0.4, 0.5) is 11.8 Å². The van der Waals surface area contributed by atoms with E-state index in [-0.39, 0.29) is 24.7 Å². The van der Waals surface area contributed by atoms with Crippen LogP contribution in [0, 0.1) is 0 Å². The summed E-state index contributed by atoms with van der Waals surface area (Å²) < 4.78 is 13.7. The summed E-state index contributed by atoms with van der Waals surface area (Å²) in [4.78, 5) is 35.7. The molecule has 1 aromatic carbocycles. The molecule has 240 valence electrons. The summed E-state index contributed by atoms with van der Waals surface area (Å²) in [6.07, 6.45) is 6.69. The van der Waals surface area contributed by atoms with Gasteiger partial charge in [0.1, 0.15) is 17.6 Å². The molecule has 1 fully saturated rings. The second-order valence-electron chi connectivity index (χ2n) is 11.2. The predicted molar refractivity (Wildman–Crippen MR) is 173 cm³/mol. The highest BCUT2D eigenvalue weighted by Crippen LogP contribution is 2.27. The summed E-state index contributed by atoms with van der Waals surface area (Å²) >= 11 is 0. The molecule has 0 unspecified atom stereocenters. The third-order valence-electron chi connectivity index (χ3n) is 7.87. The fourth-order valence-corrected chi connectivity index (χ4v) is 5.43. The minimum absolute atomic E-state index is 0.112. The van der Waals surface area contributed by atoms with Gasteiger partial charge in [0.2, 0.25) is 11.9 Å². The number of unbranched alkanes of at least 4 members (excludes halogenated alkanes) is 2. The van der Waals surface area contributed by atoms with Crippen LogP contribution in [-0.2, 0) is 27.4 Å². The molecule has 0 atom stereocenters. The number of aromatic nitrogens is 3. The van der Waals surface area contributed by atoms with Gasteiger partial charge in [0, 0.05) is 77.0 Å². The molecule has 44 heavy (non-hydrogen) atoms. The van der Waals surface area contributed by atoms with Crippen LogP contribution >= 0.6 is 0 Å². The number of anilines is 2. The highest BCUT2D eigenvalue weighted by molar-refractivity contribution is 5.87. The average molecular weight is 609 g/mol. The highest BCUT2D eigenvalue weighted by Gasteiger charge is 2.18. The smallest absolute Gasteiger partial charge is 0.222 e. The first-order chi connectivity index (χ1) is 21.5. The predicted octanol–water partition coefficient (Wildman–Crippen LogP) is 2.90. The summed E-state index contributed by atoms with van der Waals surface area (Å²) in [6.45, 7) is 11.0. The van der Waals surface area contributed by atoms with Gasteiger partial charge in [-0.05, 0) is 24.1 Å². The number of carbonyl (C=O) groups is 2. The van der Waals surface area contributed by atoms with Crippen LogP contribution in [0.25, 0.3) is 11.0 Å². The van der Waals surface area contributed by atoms with Gasteiger partial charge in [0.05, 0.1) is 32.4 Å². The Labute approximate surface area is 260 Å². The first kappa shape index (κ1) is 33.2. The molecular weight excluding hydrogens is 560 g/mol. The van der Waals surface area contributed by atoms with E-state index in [2.05, 4.69) is 60.1 Å². The van der Waals surface area contributed by atoms with Gasteiger partial charge in [-0.1, -0.05) is 31.9 Å². The number of methoxy groups -OCH3 is 1. The lowest BCUT2D eigenvalue weighted by atomic mass is 10.1. The first-order valence-corrected chi connectivity index (χ1v) is 15.8. The van der Waals surface area contributed by atoms with Crippen molar-refractivity contribution >= 4 is 35.0 Å². The number of carbonyl (C=O) groups excluding carboxylic acids is 2. The number of hydrogen-bond donors (Lipinski definition) is 3. The van der Waals surface area contributed by atoms with E-state index in [1.807, 2.05) is 12.3 Å². The Kier molecular flexibility index (Phi) is 13.2.